The molecule has 1 saturated heterocycles. The minimum absolute atomic E-state index is 0.0565. The highest BCUT2D eigenvalue weighted by atomic mass is 32.2. The van der Waals surface area contributed by atoms with Crippen molar-refractivity contribution in [3.8, 4) is 0 Å². The molecule has 1 aliphatic heterocycles. The lowest BCUT2D eigenvalue weighted by Crippen LogP contribution is -2.50. The SMILES string of the molecule is O=C(CCc1ccc2ccccc2c1)N1CCN(S(=O)(=O)c2cccc3nsnc23)CC1. The molecule has 0 bridgehead atoms. The molecule has 1 aromatic heterocycles. The van der Waals surface area contributed by atoms with E-state index in [4.69, 9.17) is 0 Å². The maximum Gasteiger partial charge on any atom is 0.245 e. The molecule has 0 atom stereocenters. The third kappa shape index (κ3) is 3.99. The van der Waals surface area contributed by atoms with Gasteiger partial charge in [0.1, 0.15) is 15.9 Å². The monoisotopic (exact) mass is 466 g/mol. The number of carbonyl (C=O) groups is 1. The summed E-state index contributed by atoms with van der Waals surface area (Å²) >= 11 is 1.00. The van der Waals surface area contributed by atoms with Gasteiger partial charge in [-0.05, 0) is 34.9 Å². The van der Waals surface area contributed by atoms with Crippen LogP contribution in [0.5, 0.6) is 0 Å². The Morgan fingerprint density at radius 1 is 0.906 bits per heavy atom. The number of carbonyl (C=O) groups excluding carboxylic acids is 1. The Bertz CT molecular complexity index is 1390. The van der Waals surface area contributed by atoms with Gasteiger partial charge in [-0.25, -0.2) is 8.42 Å². The average molecular weight is 467 g/mol. The third-order valence-electron chi connectivity index (χ3n) is 5.90. The molecule has 2 heterocycles. The molecular formula is C23H22N4O3S2. The fraction of sp³-hybridized carbons (Fsp3) is 0.261. The Hall–Kier alpha value is -2.88. The minimum atomic E-state index is -3.68. The number of fused-ring (bicyclic) bond motifs is 2. The highest BCUT2D eigenvalue weighted by Gasteiger charge is 2.31. The van der Waals surface area contributed by atoms with Gasteiger partial charge in [0.25, 0.3) is 0 Å². The summed E-state index contributed by atoms with van der Waals surface area (Å²) in [7, 11) is -3.68. The van der Waals surface area contributed by atoms with E-state index in [-0.39, 0.29) is 23.9 Å². The van der Waals surface area contributed by atoms with E-state index in [1.807, 2.05) is 12.1 Å². The van der Waals surface area contributed by atoms with Crippen LogP contribution < -0.4 is 0 Å². The number of amides is 1. The summed E-state index contributed by atoms with van der Waals surface area (Å²) in [6.45, 7) is 1.33. The zero-order chi connectivity index (χ0) is 22.1. The van der Waals surface area contributed by atoms with Crippen molar-refractivity contribution >= 4 is 49.5 Å². The van der Waals surface area contributed by atoms with Crippen LogP contribution in [0.4, 0.5) is 0 Å². The molecule has 9 heteroatoms. The van der Waals surface area contributed by atoms with Gasteiger partial charge in [0.15, 0.2) is 0 Å². The van der Waals surface area contributed by atoms with Crippen molar-refractivity contribution in [2.24, 2.45) is 0 Å². The maximum atomic E-state index is 13.2. The molecule has 1 fully saturated rings. The van der Waals surface area contributed by atoms with Gasteiger partial charge in [0.05, 0.1) is 11.7 Å². The minimum Gasteiger partial charge on any atom is -0.340 e. The Morgan fingerprint density at radius 3 is 2.50 bits per heavy atom. The van der Waals surface area contributed by atoms with Gasteiger partial charge in [-0.15, -0.1) is 0 Å². The number of aryl methyl sites for hydroxylation is 1. The summed E-state index contributed by atoms with van der Waals surface area (Å²) < 4.78 is 36.0. The summed E-state index contributed by atoms with van der Waals surface area (Å²) in [4.78, 5) is 14.7. The molecule has 0 spiro atoms. The van der Waals surface area contributed by atoms with Gasteiger partial charge >= 0.3 is 0 Å². The second kappa shape index (κ2) is 8.57. The van der Waals surface area contributed by atoms with E-state index in [0.29, 0.717) is 37.0 Å². The Morgan fingerprint density at radius 2 is 1.69 bits per heavy atom. The molecule has 4 aromatic rings. The van der Waals surface area contributed by atoms with Gasteiger partial charge in [-0.1, -0.05) is 48.5 Å². The normalized spacial score (nSPS) is 15.4. The summed E-state index contributed by atoms with van der Waals surface area (Å²) in [5, 5.41) is 2.35. The fourth-order valence-corrected chi connectivity index (χ4v) is 6.28. The van der Waals surface area contributed by atoms with Crippen LogP contribution in [-0.2, 0) is 21.2 Å². The molecule has 0 unspecified atom stereocenters. The molecule has 0 N–H and O–H groups in total. The molecule has 164 valence electrons. The second-order valence-electron chi connectivity index (χ2n) is 7.85. The predicted octanol–water partition coefficient (Wildman–Crippen LogP) is 3.31. The van der Waals surface area contributed by atoms with Gasteiger partial charge in [-0.3, -0.25) is 4.79 Å². The molecule has 0 aliphatic carbocycles. The van der Waals surface area contributed by atoms with Gasteiger partial charge in [0.2, 0.25) is 15.9 Å². The Kier molecular flexibility index (Phi) is 5.62. The van der Waals surface area contributed by atoms with E-state index in [2.05, 4.69) is 39.1 Å². The van der Waals surface area contributed by atoms with Crippen LogP contribution in [0, 0.1) is 0 Å². The van der Waals surface area contributed by atoms with Crippen molar-refractivity contribution in [3.63, 3.8) is 0 Å². The first-order valence-corrected chi connectivity index (χ1v) is 12.7. The number of piperazine rings is 1. The van der Waals surface area contributed by atoms with Crippen molar-refractivity contribution < 1.29 is 13.2 Å². The quantitative estimate of drug-likeness (QED) is 0.451. The van der Waals surface area contributed by atoms with Crippen LogP contribution in [0.2, 0.25) is 0 Å². The van der Waals surface area contributed by atoms with E-state index in [1.54, 1.807) is 23.1 Å². The van der Waals surface area contributed by atoms with Crippen LogP contribution in [0.15, 0.2) is 65.6 Å². The number of rotatable bonds is 5. The van der Waals surface area contributed by atoms with Gasteiger partial charge in [0, 0.05) is 32.6 Å². The molecule has 5 rings (SSSR count). The van der Waals surface area contributed by atoms with Crippen LogP contribution >= 0.6 is 11.7 Å². The summed E-state index contributed by atoms with van der Waals surface area (Å²) in [5.74, 6) is 0.0565. The first kappa shape index (κ1) is 21.0. The van der Waals surface area contributed by atoms with E-state index < -0.39 is 10.0 Å². The van der Waals surface area contributed by atoms with E-state index in [1.165, 1.54) is 15.1 Å². The smallest absolute Gasteiger partial charge is 0.245 e. The maximum absolute atomic E-state index is 13.2. The topological polar surface area (TPSA) is 83.5 Å². The fourth-order valence-electron chi connectivity index (χ4n) is 4.11. The number of aromatic nitrogens is 2. The molecule has 1 amide bonds. The number of hydrogen-bond acceptors (Lipinski definition) is 6. The zero-order valence-electron chi connectivity index (χ0n) is 17.3. The van der Waals surface area contributed by atoms with Crippen LogP contribution in [0.3, 0.4) is 0 Å². The first-order chi connectivity index (χ1) is 15.5. The highest BCUT2D eigenvalue weighted by Crippen LogP contribution is 2.25. The zero-order valence-corrected chi connectivity index (χ0v) is 19.0. The molecule has 7 nitrogen and oxygen atoms in total. The van der Waals surface area contributed by atoms with E-state index in [0.717, 1.165) is 17.3 Å². The average Bonchev–Trinajstić information content (AvgIpc) is 3.31. The number of nitrogens with zero attached hydrogens (tertiary/aromatic N) is 4. The molecular weight excluding hydrogens is 444 g/mol. The van der Waals surface area contributed by atoms with Crippen molar-refractivity contribution in [1.82, 2.24) is 18.0 Å². The molecule has 1 aliphatic rings. The molecule has 0 radical (unpaired) electrons. The second-order valence-corrected chi connectivity index (χ2v) is 10.3. The number of sulfonamides is 1. The van der Waals surface area contributed by atoms with Gasteiger partial charge in [-0.2, -0.15) is 13.1 Å². The van der Waals surface area contributed by atoms with E-state index in [9.17, 15) is 13.2 Å². The lowest BCUT2D eigenvalue weighted by Gasteiger charge is -2.34. The van der Waals surface area contributed by atoms with Crippen molar-refractivity contribution in [1.29, 1.82) is 0 Å². The molecule has 32 heavy (non-hydrogen) atoms. The summed E-state index contributed by atoms with van der Waals surface area (Å²) in [6, 6.07) is 19.4. The highest BCUT2D eigenvalue weighted by molar-refractivity contribution is 7.89. The standard InChI is InChI=1S/C23H22N4O3S2/c28-22(11-9-17-8-10-18-4-1-2-5-19(18)16-17)26-12-14-27(15-13-26)32(29,30)21-7-3-6-20-23(21)25-31-24-20/h1-8,10,16H,9,11-15H2. The van der Waals surface area contributed by atoms with E-state index >= 15 is 0 Å². The van der Waals surface area contributed by atoms with Crippen LogP contribution in [-0.4, -0.2) is 58.5 Å². The van der Waals surface area contributed by atoms with Crippen LogP contribution in [0.1, 0.15) is 12.0 Å². The third-order valence-corrected chi connectivity index (χ3v) is 8.37. The lowest BCUT2D eigenvalue weighted by molar-refractivity contribution is -0.132. The largest absolute Gasteiger partial charge is 0.340 e. The molecule has 0 saturated carbocycles. The summed E-state index contributed by atoms with van der Waals surface area (Å²) in [6.07, 6.45) is 1.08. The Labute approximate surface area is 190 Å². The van der Waals surface area contributed by atoms with Crippen molar-refractivity contribution in [2.75, 3.05) is 26.2 Å². The molecule has 3 aromatic carbocycles. The first-order valence-electron chi connectivity index (χ1n) is 10.5. The van der Waals surface area contributed by atoms with Gasteiger partial charge < -0.3 is 4.90 Å². The predicted molar refractivity (Wildman–Crippen MR) is 125 cm³/mol. The summed E-state index contributed by atoms with van der Waals surface area (Å²) in [5.41, 5.74) is 2.12. The Balaban J connectivity index is 1.21. The lowest BCUT2D eigenvalue weighted by atomic mass is 10.0. The van der Waals surface area contributed by atoms with Crippen LogP contribution in [0.25, 0.3) is 21.8 Å². The number of benzene rings is 3. The number of hydrogen-bond donors (Lipinski definition) is 0. The van der Waals surface area contributed by atoms with Crippen molar-refractivity contribution in [2.45, 2.75) is 17.7 Å². The van der Waals surface area contributed by atoms with Crippen molar-refractivity contribution in [3.05, 3.63) is 66.2 Å².